The van der Waals surface area contributed by atoms with Gasteiger partial charge in [-0.2, -0.15) is 5.10 Å². The van der Waals surface area contributed by atoms with Crippen LogP contribution in [0, 0.1) is 10.1 Å². The molecule has 12 heteroatoms. The Labute approximate surface area is 272 Å². The number of anilines is 2. The number of fused-ring (bicyclic) bond motifs is 1. The van der Waals surface area contributed by atoms with Gasteiger partial charge in [0.1, 0.15) is 23.4 Å². The number of carbonyl (C=O) groups is 2. The third-order valence-electron chi connectivity index (χ3n) is 8.47. The standard InChI is InChI=1S/C35H37N5O7/c1-35(2,3)39-32(36-25-9-7-24-21-38(33(41)30(24)18-25)20-22-5-12-27(45-4)13-6-22)19-31(37-39)23-8-14-29(17-23)47-34(42)46-28-15-10-26(11-16-28)40(43)44/h5-7,9-13,15-16,18-19,23,29,36H,8,14,17,20-21H2,1-4H3/t23-,29+/m0/s1. The molecule has 6 rings (SSSR count). The van der Waals surface area contributed by atoms with Crippen LogP contribution in [0.25, 0.3) is 0 Å². The second-order valence-corrected chi connectivity index (χ2v) is 12.9. The average Bonchev–Trinajstić information content (AvgIpc) is 3.76. The van der Waals surface area contributed by atoms with Crippen molar-refractivity contribution in [2.45, 2.75) is 70.7 Å². The van der Waals surface area contributed by atoms with Crippen LogP contribution < -0.4 is 14.8 Å². The van der Waals surface area contributed by atoms with Gasteiger partial charge in [0.05, 0.1) is 23.3 Å². The highest BCUT2D eigenvalue weighted by Gasteiger charge is 2.33. The number of amides is 1. The second kappa shape index (κ2) is 12.8. The predicted octanol–water partition coefficient (Wildman–Crippen LogP) is 7.31. The van der Waals surface area contributed by atoms with Crippen LogP contribution in [0.1, 0.15) is 73.1 Å². The summed E-state index contributed by atoms with van der Waals surface area (Å²) in [6, 6.07) is 20.9. The summed E-state index contributed by atoms with van der Waals surface area (Å²) in [4.78, 5) is 38.0. The molecule has 0 spiro atoms. The molecular formula is C35H37N5O7. The summed E-state index contributed by atoms with van der Waals surface area (Å²) in [6.07, 6.45) is 0.845. The molecule has 12 nitrogen and oxygen atoms in total. The lowest BCUT2D eigenvalue weighted by molar-refractivity contribution is -0.384. The predicted molar refractivity (Wildman–Crippen MR) is 174 cm³/mol. The summed E-state index contributed by atoms with van der Waals surface area (Å²) in [7, 11) is 1.63. The van der Waals surface area contributed by atoms with Crippen molar-refractivity contribution in [2.24, 2.45) is 0 Å². The minimum atomic E-state index is -0.846. The maximum atomic E-state index is 13.4. The van der Waals surface area contributed by atoms with Gasteiger partial charge in [-0.25, -0.2) is 9.48 Å². The summed E-state index contributed by atoms with van der Waals surface area (Å²) in [5.41, 5.74) is 3.97. The molecule has 4 aromatic rings. The Kier molecular flexibility index (Phi) is 8.59. The van der Waals surface area contributed by atoms with Crippen LogP contribution in [-0.4, -0.2) is 44.9 Å². The number of aromatic nitrogens is 2. The lowest BCUT2D eigenvalue weighted by Crippen LogP contribution is -2.25. The molecule has 244 valence electrons. The van der Waals surface area contributed by atoms with Gasteiger partial charge in [-0.3, -0.25) is 14.9 Å². The number of ether oxygens (including phenoxy) is 3. The normalized spacial score (nSPS) is 17.4. The Bertz CT molecular complexity index is 1790. The van der Waals surface area contributed by atoms with E-state index in [0.29, 0.717) is 31.5 Å². The molecule has 0 unspecified atom stereocenters. The number of nitro benzene ring substituents is 1. The number of hydrogen-bond donors (Lipinski definition) is 1. The number of nitrogens with zero attached hydrogens (tertiary/aromatic N) is 4. The Balaban J connectivity index is 1.11. The van der Waals surface area contributed by atoms with Gasteiger partial charge in [-0.15, -0.1) is 0 Å². The molecule has 2 heterocycles. The summed E-state index contributed by atoms with van der Waals surface area (Å²) in [6.45, 7) is 7.30. The van der Waals surface area contributed by atoms with Crippen molar-refractivity contribution in [3.8, 4) is 11.5 Å². The highest BCUT2D eigenvalue weighted by molar-refractivity contribution is 5.99. The number of nitrogens with one attached hydrogen (secondary N) is 1. The van der Waals surface area contributed by atoms with E-state index >= 15 is 0 Å². The van der Waals surface area contributed by atoms with E-state index in [2.05, 4.69) is 26.1 Å². The third-order valence-corrected chi connectivity index (χ3v) is 8.47. The minimum absolute atomic E-state index is 0.00594. The fraction of sp³-hybridized carbons (Fsp3) is 0.343. The van der Waals surface area contributed by atoms with Gasteiger partial charge < -0.3 is 24.4 Å². The first-order valence-electron chi connectivity index (χ1n) is 15.5. The van der Waals surface area contributed by atoms with E-state index in [9.17, 15) is 19.7 Å². The SMILES string of the molecule is COc1ccc(CN2Cc3ccc(Nc4cc([C@H]5CC[C@@H](OC(=O)Oc6ccc([N+](=O)[O-])cc6)C5)nn4C(C)(C)C)cc3C2=O)cc1. The molecular weight excluding hydrogens is 602 g/mol. The third kappa shape index (κ3) is 7.06. The lowest BCUT2D eigenvalue weighted by atomic mass is 10.0. The number of nitro groups is 1. The monoisotopic (exact) mass is 639 g/mol. The zero-order chi connectivity index (χ0) is 33.3. The van der Waals surface area contributed by atoms with E-state index in [0.717, 1.165) is 40.5 Å². The molecule has 2 aliphatic rings. The molecule has 47 heavy (non-hydrogen) atoms. The number of carbonyl (C=O) groups excluding carboxylic acids is 2. The number of non-ortho nitro benzene ring substituents is 1. The summed E-state index contributed by atoms with van der Waals surface area (Å²) < 4.78 is 18.0. The molecule has 3 aromatic carbocycles. The molecule has 1 N–H and O–H groups in total. The van der Waals surface area contributed by atoms with Crippen molar-refractivity contribution >= 4 is 29.3 Å². The van der Waals surface area contributed by atoms with E-state index in [1.54, 1.807) is 7.11 Å². The van der Waals surface area contributed by atoms with E-state index in [4.69, 9.17) is 19.3 Å². The largest absolute Gasteiger partial charge is 0.514 e. The molecule has 1 fully saturated rings. The smallest absolute Gasteiger partial charge is 0.497 e. The van der Waals surface area contributed by atoms with Crippen LogP contribution in [0.4, 0.5) is 22.0 Å². The Morgan fingerprint density at radius 3 is 2.43 bits per heavy atom. The van der Waals surface area contributed by atoms with Crippen molar-refractivity contribution in [3.05, 3.63) is 105 Å². The van der Waals surface area contributed by atoms with Crippen LogP contribution in [0.3, 0.4) is 0 Å². The van der Waals surface area contributed by atoms with E-state index in [-0.39, 0.29) is 34.9 Å². The second-order valence-electron chi connectivity index (χ2n) is 12.9. The fourth-order valence-electron chi connectivity index (χ4n) is 6.07. The summed E-state index contributed by atoms with van der Waals surface area (Å²) >= 11 is 0. The summed E-state index contributed by atoms with van der Waals surface area (Å²) in [5.74, 6) is 1.82. The van der Waals surface area contributed by atoms with Crippen LogP contribution in [0.5, 0.6) is 11.5 Å². The van der Waals surface area contributed by atoms with Gasteiger partial charge in [0, 0.05) is 48.5 Å². The molecule has 2 atom stereocenters. The van der Waals surface area contributed by atoms with Crippen molar-refractivity contribution in [1.29, 1.82) is 0 Å². The zero-order valence-corrected chi connectivity index (χ0v) is 26.8. The summed E-state index contributed by atoms with van der Waals surface area (Å²) in [5, 5.41) is 19.3. The minimum Gasteiger partial charge on any atom is -0.497 e. The fourth-order valence-corrected chi connectivity index (χ4v) is 6.07. The zero-order valence-electron chi connectivity index (χ0n) is 26.8. The molecule has 0 bridgehead atoms. The Hall–Kier alpha value is -5.39. The Morgan fingerprint density at radius 1 is 1.02 bits per heavy atom. The molecule has 1 aliphatic heterocycles. The van der Waals surface area contributed by atoms with Crippen LogP contribution in [0.2, 0.25) is 0 Å². The molecule has 0 radical (unpaired) electrons. The number of benzene rings is 3. The molecule has 0 saturated heterocycles. The van der Waals surface area contributed by atoms with E-state index < -0.39 is 11.1 Å². The van der Waals surface area contributed by atoms with Gasteiger partial charge in [0.25, 0.3) is 11.6 Å². The van der Waals surface area contributed by atoms with Crippen LogP contribution >= 0.6 is 0 Å². The maximum Gasteiger partial charge on any atom is 0.514 e. The van der Waals surface area contributed by atoms with E-state index in [1.165, 1.54) is 24.3 Å². The first kappa shape index (κ1) is 31.6. The number of methoxy groups -OCH3 is 1. The van der Waals surface area contributed by atoms with Gasteiger partial charge in [0.15, 0.2) is 0 Å². The lowest BCUT2D eigenvalue weighted by Gasteiger charge is -2.23. The van der Waals surface area contributed by atoms with Crippen molar-refractivity contribution in [2.75, 3.05) is 12.4 Å². The van der Waals surface area contributed by atoms with Crippen LogP contribution in [0.15, 0.2) is 72.8 Å². The first-order chi connectivity index (χ1) is 22.5. The molecule has 1 aliphatic carbocycles. The topological polar surface area (TPSA) is 138 Å². The van der Waals surface area contributed by atoms with Gasteiger partial charge in [-0.05, 0) is 87.6 Å². The quantitative estimate of drug-likeness (QED) is 0.0865. The molecule has 1 amide bonds. The van der Waals surface area contributed by atoms with Gasteiger partial charge in [-0.1, -0.05) is 18.2 Å². The molecule has 1 aromatic heterocycles. The number of hydrogen-bond acceptors (Lipinski definition) is 9. The van der Waals surface area contributed by atoms with Crippen molar-refractivity contribution in [3.63, 3.8) is 0 Å². The highest BCUT2D eigenvalue weighted by atomic mass is 16.7. The van der Waals surface area contributed by atoms with E-state index in [1.807, 2.05) is 58.1 Å². The first-order valence-corrected chi connectivity index (χ1v) is 15.5. The Morgan fingerprint density at radius 2 is 1.74 bits per heavy atom. The molecule has 1 saturated carbocycles. The van der Waals surface area contributed by atoms with Crippen LogP contribution in [-0.2, 0) is 23.4 Å². The van der Waals surface area contributed by atoms with Crippen molar-refractivity contribution in [1.82, 2.24) is 14.7 Å². The highest BCUT2D eigenvalue weighted by Crippen LogP contribution is 2.38. The van der Waals surface area contributed by atoms with Gasteiger partial charge >= 0.3 is 6.16 Å². The maximum absolute atomic E-state index is 13.4. The van der Waals surface area contributed by atoms with Crippen molar-refractivity contribution < 1.29 is 28.7 Å². The average molecular weight is 640 g/mol. The number of rotatable bonds is 9. The van der Waals surface area contributed by atoms with Gasteiger partial charge in [0.2, 0.25) is 0 Å².